The Balaban J connectivity index is 1.81. The van der Waals surface area contributed by atoms with Crippen molar-refractivity contribution in [3.8, 4) is 0 Å². The average molecular weight is 407 g/mol. The van der Waals surface area contributed by atoms with Crippen LogP contribution in [0.4, 0.5) is 0 Å². The molecule has 0 unspecified atom stereocenters. The lowest BCUT2D eigenvalue weighted by atomic mass is 9.68. The van der Waals surface area contributed by atoms with Crippen molar-refractivity contribution in [3.05, 3.63) is 57.9 Å². The molecule has 0 spiro atoms. The van der Waals surface area contributed by atoms with Gasteiger partial charge in [0.25, 0.3) is 5.91 Å². The number of ketones is 1. The molecule has 3 aliphatic rings. The molecule has 1 atom stereocenters. The lowest BCUT2D eigenvalue weighted by Gasteiger charge is -2.41. The molecule has 1 aromatic rings. The van der Waals surface area contributed by atoms with Gasteiger partial charge in [-0.05, 0) is 55.6 Å². The number of allylic oxidation sites excluding steroid dienone is 3. The highest BCUT2D eigenvalue weighted by Gasteiger charge is 2.43. The van der Waals surface area contributed by atoms with Crippen molar-refractivity contribution < 1.29 is 9.59 Å². The van der Waals surface area contributed by atoms with Gasteiger partial charge in [-0.15, -0.1) is 0 Å². The number of carbonyl (C=O) groups is 2. The van der Waals surface area contributed by atoms with E-state index in [9.17, 15) is 9.59 Å². The third-order valence-electron chi connectivity index (χ3n) is 6.83. The van der Waals surface area contributed by atoms with E-state index in [2.05, 4.69) is 50.4 Å². The van der Waals surface area contributed by atoms with Gasteiger partial charge in [-0.1, -0.05) is 45.0 Å². The summed E-state index contributed by atoms with van der Waals surface area (Å²) in [5.41, 5.74) is 5.73. The third-order valence-corrected chi connectivity index (χ3v) is 6.83. The Morgan fingerprint density at radius 3 is 2.40 bits per heavy atom. The van der Waals surface area contributed by atoms with E-state index >= 15 is 0 Å². The number of hydrogen-bond donors (Lipinski definition) is 1. The van der Waals surface area contributed by atoms with Gasteiger partial charge < -0.3 is 10.2 Å². The molecule has 1 saturated heterocycles. The molecule has 4 heteroatoms. The second-order valence-electron chi connectivity index (χ2n) is 9.88. The summed E-state index contributed by atoms with van der Waals surface area (Å²) in [4.78, 5) is 29.0. The van der Waals surface area contributed by atoms with Crippen LogP contribution in [0.25, 0.3) is 0 Å². The van der Waals surface area contributed by atoms with Gasteiger partial charge in [0, 0.05) is 48.0 Å². The number of aryl methyl sites for hydroxylation is 1. The molecule has 2 aliphatic heterocycles. The number of nitrogens with zero attached hydrogens (tertiary/aromatic N) is 1. The summed E-state index contributed by atoms with van der Waals surface area (Å²) in [6.07, 6.45) is 5.64. The van der Waals surface area contributed by atoms with Crippen molar-refractivity contribution in [3.63, 3.8) is 0 Å². The monoisotopic (exact) mass is 406 g/mol. The molecule has 1 aliphatic carbocycles. The molecular weight excluding hydrogens is 372 g/mol. The minimum Gasteiger partial charge on any atom is -0.362 e. The van der Waals surface area contributed by atoms with E-state index in [0.29, 0.717) is 6.42 Å². The van der Waals surface area contributed by atoms with Crippen molar-refractivity contribution in [2.45, 2.75) is 72.1 Å². The maximum atomic E-state index is 13.7. The number of piperidine rings is 1. The molecule has 30 heavy (non-hydrogen) atoms. The lowest BCUT2D eigenvalue weighted by Crippen LogP contribution is -2.43. The fraction of sp³-hybridized carbons (Fsp3) is 0.538. The molecule has 1 aromatic carbocycles. The number of Topliss-reactive ketones (excluding diaryl/α,β-unsaturated/α-hetero) is 1. The number of rotatable bonds is 3. The van der Waals surface area contributed by atoms with E-state index in [4.69, 9.17) is 0 Å². The number of dihydropyridines is 1. The van der Waals surface area contributed by atoms with E-state index in [1.165, 1.54) is 12.0 Å². The molecule has 1 amide bonds. The quantitative estimate of drug-likeness (QED) is 0.779. The second-order valence-corrected chi connectivity index (χ2v) is 9.88. The van der Waals surface area contributed by atoms with Gasteiger partial charge in [0.15, 0.2) is 5.78 Å². The van der Waals surface area contributed by atoms with Crippen molar-refractivity contribution >= 4 is 11.7 Å². The Kier molecular flexibility index (Phi) is 5.61. The number of benzene rings is 1. The Bertz CT molecular complexity index is 915. The summed E-state index contributed by atoms with van der Waals surface area (Å²) in [7, 11) is 0. The van der Waals surface area contributed by atoms with Crippen molar-refractivity contribution in [1.82, 2.24) is 10.2 Å². The second kappa shape index (κ2) is 8.05. The van der Waals surface area contributed by atoms with Crippen LogP contribution in [0.1, 0.15) is 76.8 Å². The van der Waals surface area contributed by atoms with Gasteiger partial charge in [0.05, 0.1) is 0 Å². The van der Waals surface area contributed by atoms with Crippen LogP contribution >= 0.6 is 0 Å². The molecule has 160 valence electrons. The highest BCUT2D eigenvalue weighted by atomic mass is 16.2. The molecule has 1 fully saturated rings. The molecular formula is C26H34N2O2. The Labute approximate surface area is 180 Å². The van der Waals surface area contributed by atoms with Gasteiger partial charge in [-0.25, -0.2) is 0 Å². The van der Waals surface area contributed by atoms with Crippen LogP contribution in [-0.4, -0.2) is 29.7 Å². The summed E-state index contributed by atoms with van der Waals surface area (Å²) in [6.45, 7) is 10.1. The molecule has 4 rings (SSSR count). The number of carbonyl (C=O) groups excluding carboxylic acids is 2. The number of amides is 1. The summed E-state index contributed by atoms with van der Waals surface area (Å²) in [6, 6.07) is 8.49. The summed E-state index contributed by atoms with van der Waals surface area (Å²) in [5, 5.41) is 3.49. The Morgan fingerprint density at radius 2 is 1.77 bits per heavy atom. The average Bonchev–Trinajstić information content (AvgIpc) is 2.72. The Morgan fingerprint density at radius 1 is 1.10 bits per heavy atom. The van der Waals surface area contributed by atoms with E-state index < -0.39 is 0 Å². The van der Waals surface area contributed by atoms with E-state index in [-0.39, 0.29) is 23.0 Å². The summed E-state index contributed by atoms with van der Waals surface area (Å²) in [5.74, 6) is -0.00611. The predicted molar refractivity (Wildman–Crippen MR) is 120 cm³/mol. The minimum atomic E-state index is -0.273. The molecule has 1 N–H and O–H groups in total. The first kappa shape index (κ1) is 20.9. The minimum absolute atomic E-state index is 0.0613. The van der Waals surface area contributed by atoms with Crippen molar-refractivity contribution in [2.75, 3.05) is 13.1 Å². The molecule has 0 bridgehead atoms. The van der Waals surface area contributed by atoms with Crippen LogP contribution < -0.4 is 5.32 Å². The van der Waals surface area contributed by atoms with Crippen LogP contribution in [0.5, 0.6) is 0 Å². The third kappa shape index (κ3) is 3.84. The van der Waals surface area contributed by atoms with Crippen LogP contribution in [-0.2, 0) is 16.0 Å². The molecule has 0 radical (unpaired) electrons. The SMILES string of the molecule is CCc1ccc([C@H]2C(C(=O)N3CCCCC3)=C(C)NC3=C2C(=O)CC(C)(C)C3)cc1. The standard InChI is InChI=1S/C26H34N2O2/c1-5-18-9-11-19(12-10-18)23-22(25(30)28-13-7-6-8-14-28)17(2)27-20-15-26(3,4)16-21(29)24(20)23/h9-12,23,27H,5-8,13-16H2,1-4H3/t23-/m0/s1. The number of hydrogen-bond acceptors (Lipinski definition) is 3. The van der Waals surface area contributed by atoms with Crippen LogP contribution in [0, 0.1) is 5.41 Å². The Hall–Kier alpha value is -2.36. The fourth-order valence-corrected chi connectivity index (χ4v) is 5.27. The van der Waals surface area contributed by atoms with Crippen LogP contribution in [0.3, 0.4) is 0 Å². The fourth-order valence-electron chi connectivity index (χ4n) is 5.27. The van der Waals surface area contributed by atoms with E-state index in [1.54, 1.807) is 0 Å². The lowest BCUT2D eigenvalue weighted by molar-refractivity contribution is -0.128. The zero-order valence-corrected chi connectivity index (χ0v) is 18.8. The van der Waals surface area contributed by atoms with Gasteiger partial charge in [0.2, 0.25) is 0 Å². The zero-order chi connectivity index (χ0) is 21.5. The highest BCUT2D eigenvalue weighted by molar-refractivity contribution is 6.05. The first-order valence-electron chi connectivity index (χ1n) is 11.4. The first-order valence-corrected chi connectivity index (χ1v) is 11.4. The van der Waals surface area contributed by atoms with Gasteiger partial charge in [0.1, 0.15) is 0 Å². The van der Waals surface area contributed by atoms with E-state index in [1.807, 2.05) is 11.8 Å². The topological polar surface area (TPSA) is 49.4 Å². The predicted octanol–water partition coefficient (Wildman–Crippen LogP) is 4.87. The molecule has 0 saturated carbocycles. The van der Waals surface area contributed by atoms with Crippen LogP contribution in [0.2, 0.25) is 0 Å². The summed E-state index contributed by atoms with van der Waals surface area (Å²) < 4.78 is 0. The first-order chi connectivity index (χ1) is 14.3. The number of likely N-dealkylation sites (tertiary alicyclic amines) is 1. The maximum Gasteiger partial charge on any atom is 0.252 e. The van der Waals surface area contributed by atoms with Gasteiger partial charge in [-0.2, -0.15) is 0 Å². The normalized spacial score (nSPS) is 23.9. The van der Waals surface area contributed by atoms with Crippen molar-refractivity contribution in [1.29, 1.82) is 0 Å². The van der Waals surface area contributed by atoms with E-state index in [0.717, 1.165) is 66.9 Å². The molecule has 2 heterocycles. The highest BCUT2D eigenvalue weighted by Crippen LogP contribution is 2.47. The van der Waals surface area contributed by atoms with Crippen LogP contribution in [0.15, 0.2) is 46.8 Å². The smallest absolute Gasteiger partial charge is 0.252 e. The van der Waals surface area contributed by atoms with Gasteiger partial charge >= 0.3 is 0 Å². The molecule has 4 nitrogen and oxygen atoms in total. The van der Waals surface area contributed by atoms with Crippen molar-refractivity contribution in [2.24, 2.45) is 5.41 Å². The number of nitrogens with one attached hydrogen (secondary N) is 1. The zero-order valence-electron chi connectivity index (χ0n) is 18.8. The summed E-state index contributed by atoms with van der Waals surface area (Å²) >= 11 is 0. The molecule has 0 aromatic heterocycles. The van der Waals surface area contributed by atoms with Gasteiger partial charge in [-0.3, -0.25) is 9.59 Å². The maximum absolute atomic E-state index is 13.7. The largest absolute Gasteiger partial charge is 0.362 e.